The van der Waals surface area contributed by atoms with Crippen molar-refractivity contribution in [3.63, 3.8) is 0 Å². The molecule has 1 amide bonds. The lowest BCUT2D eigenvalue weighted by Crippen LogP contribution is -2.26. The van der Waals surface area contributed by atoms with Crippen molar-refractivity contribution in [3.05, 3.63) is 64.5 Å². The standard InChI is InChI=1S/C16H9F8N3O/c17-11-9(12(18)14(20)15(21)13(11)19)5-26-27-10(28)6-25-8-3-1-2-7(4-8)16(22,23)24/h1-5,25H,6H2,(H,27,28)/b26-5+. The van der Waals surface area contributed by atoms with E-state index in [9.17, 15) is 39.9 Å². The van der Waals surface area contributed by atoms with Crippen molar-refractivity contribution in [1.29, 1.82) is 0 Å². The third-order valence-electron chi connectivity index (χ3n) is 3.27. The third kappa shape index (κ3) is 4.75. The number of carbonyl (C=O) groups excluding carboxylic acids is 1. The monoisotopic (exact) mass is 411 g/mol. The second kappa shape index (κ2) is 8.23. The van der Waals surface area contributed by atoms with Crippen molar-refractivity contribution < 1.29 is 39.9 Å². The summed E-state index contributed by atoms with van der Waals surface area (Å²) in [6, 6.07) is 3.91. The molecule has 0 radical (unpaired) electrons. The molecule has 2 aromatic rings. The van der Waals surface area contributed by atoms with Crippen molar-refractivity contribution >= 4 is 17.8 Å². The minimum Gasteiger partial charge on any atom is -0.376 e. The van der Waals surface area contributed by atoms with E-state index in [1.165, 1.54) is 6.07 Å². The summed E-state index contributed by atoms with van der Waals surface area (Å²) in [5, 5.41) is 5.41. The fraction of sp³-hybridized carbons (Fsp3) is 0.125. The Kier molecular flexibility index (Phi) is 6.21. The highest BCUT2D eigenvalue weighted by atomic mass is 19.4. The van der Waals surface area contributed by atoms with E-state index in [-0.39, 0.29) is 11.9 Å². The molecule has 0 aliphatic rings. The van der Waals surface area contributed by atoms with Crippen LogP contribution in [0.5, 0.6) is 0 Å². The lowest BCUT2D eigenvalue weighted by Gasteiger charge is -2.10. The Balaban J connectivity index is 2.01. The summed E-state index contributed by atoms with van der Waals surface area (Å²) in [7, 11) is 0. The highest BCUT2D eigenvalue weighted by Crippen LogP contribution is 2.30. The first-order valence-corrected chi connectivity index (χ1v) is 7.26. The van der Waals surface area contributed by atoms with Gasteiger partial charge < -0.3 is 5.32 Å². The SMILES string of the molecule is O=C(CNc1cccc(C(F)(F)F)c1)N/N=C/c1c(F)c(F)c(F)c(F)c1F. The van der Waals surface area contributed by atoms with Gasteiger partial charge in [-0.3, -0.25) is 4.79 Å². The Morgan fingerprint density at radius 2 is 1.54 bits per heavy atom. The first-order chi connectivity index (χ1) is 13.0. The van der Waals surface area contributed by atoms with Gasteiger partial charge in [-0.2, -0.15) is 18.3 Å². The van der Waals surface area contributed by atoms with Crippen LogP contribution < -0.4 is 10.7 Å². The fourth-order valence-electron chi connectivity index (χ4n) is 1.93. The molecule has 0 aliphatic heterocycles. The van der Waals surface area contributed by atoms with E-state index in [0.29, 0.717) is 0 Å². The zero-order valence-electron chi connectivity index (χ0n) is 13.5. The maximum atomic E-state index is 13.4. The summed E-state index contributed by atoms with van der Waals surface area (Å²) in [4.78, 5) is 11.5. The highest BCUT2D eigenvalue weighted by Gasteiger charge is 2.30. The molecule has 2 aromatic carbocycles. The Morgan fingerprint density at radius 3 is 2.11 bits per heavy atom. The number of rotatable bonds is 5. The van der Waals surface area contributed by atoms with Crippen molar-refractivity contribution in [2.24, 2.45) is 5.10 Å². The van der Waals surface area contributed by atoms with Gasteiger partial charge in [0.05, 0.1) is 23.9 Å². The lowest BCUT2D eigenvalue weighted by molar-refractivity contribution is -0.137. The van der Waals surface area contributed by atoms with Gasteiger partial charge in [-0.1, -0.05) is 6.07 Å². The number of nitrogens with zero attached hydrogens (tertiary/aromatic N) is 1. The maximum absolute atomic E-state index is 13.4. The molecule has 0 saturated heterocycles. The number of hydrazone groups is 1. The molecule has 4 nitrogen and oxygen atoms in total. The number of anilines is 1. The average molecular weight is 411 g/mol. The predicted octanol–water partition coefficient (Wildman–Crippen LogP) is 3.96. The summed E-state index contributed by atoms with van der Waals surface area (Å²) >= 11 is 0. The summed E-state index contributed by atoms with van der Waals surface area (Å²) < 4.78 is 103. The van der Waals surface area contributed by atoms with Crippen LogP contribution in [-0.2, 0) is 11.0 Å². The molecule has 2 rings (SSSR count). The molecule has 0 saturated carbocycles. The summed E-state index contributed by atoms with van der Waals surface area (Å²) in [6.45, 7) is -0.588. The second-order valence-corrected chi connectivity index (χ2v) is 5.21. The van der Waals surface area contributed by atoms with Crippen LogP contribution in [0.2, 0.25) is 0 Å². The normalized spacial score (nSPS) is 11.7. The van der Waals surface area contributed by atoms with E-state index in [0.717, 1.165) is 18.2 Å². The van der Waals surface area contributed by atoms with Crippen molar-refractivity contribution in [2.75, 3.05) is 11.9 Å². The first-order valence-electron chi connectivity index (χ1n) is 7.26. The average Bonchev–Trinajstić information content (AvgIpc) is 2.65. The molecule has 150 valence electrons. The van der Waals surface area contributed by atoms with Crippen LogP contribution in [0, 0.1) is 29.1 Å². The molecule has 0 aromatic heterocycles. The van der Waals surface area contributed by atoms with Gasteiger partial charge in [0.15, 0.2) is 23.3 Å². The highest BCUT2D eigenvalue weighted by molar-refractivity contribution is 5.84. The summed E-state index contributed by atoms with van der Waals surface area (Å²) in [5.41, 5.74) is -0.648. The van der Waals surface area contributed by atoms with Crippen molar-refractivity contribution in [2.45, 2.75) is 6.18 Å². The van der Waals surface area contributed by atoms with E-state index in [2.05, 4.69) is 10.4 Å². The van der Waals surface area contributed by atoms with Crippen molar-refractivity contribution in [1.82, 2.24) is 5.43 Å². The van der Waals surface area contributed by atoms with Crippen molar-refractivity contribution in [3.8, 4) is 0 Å². The molecule has 0 heterocycles. The van der Waals surface area contributed by atoms with Gasteiger partial charge in [-0.25, -0.2) is 27.4 Å². The largest absolute Gasteiger partial charge is 0.416 e. The van der Waals surface area contributed by atoms with E-state index in [1.54, 1.807) is 5.43 Å². The number of carbonyl (C=O) groups is 1. The van der Waals surface area contributed by atoms with Crippen LogP contribution in [0.1, 0.15) is 11.1 Å². The van der Waals surface area contributed by atoms with Gasteiger partial charge >= 0.3 is 6.18 Å². The van der Waals surface area contributed by atoms with Gasteiger partial charge in [0, 0.05) is 5.69 Å². The second-order valence-electron chi connectivity index (χ2n) is 5.21. The lowest BCUT2D eigenvalue weighted by atomic mass is 10.2. The van der Waals surface area contributed by atoms with Crippen LogP contribution in [0.25, 0.3) is 0 Å². The quantitative estimate of drug-likeness (QED) is 0.257. The topological polar surface area (TPSA) is 53.5 Å². The van der Waals surface area contributed by atoms with E-state index < -0.39 is 58.8 Å². The van der Waals surface area contributed by atoms with E-state index in [4.69, 9.17) is 0 Å². The summed E-state index contributed by atoms with van der Waals surface area (Å²) in [6.07, 6.45) is -4.38. The van der Waals surface area contributed by atoms with Crippen LogP contribution in [0.3, 0.4) is 0 Å². The Morgan fingerprint density at radius 1 is 0.964 bits per heavy atom. The zero-order chi connectivity index (χ0) is 21.1. The van der Waals surface area contributed by atoms with Crippen LogP contribution in [0.15, 0.2) is 29.4 Å². The van der Waals surface area contributed by atoms with Crippen LogP contribution in [-0.4, -0.2) is 18.7 Å². The van der Waals surface area contributed by atoms with Crippen LogP contribution >= 0.6 is 0 Å². The molecular formula is C16H9F8N3O. The molecule has 2 N–H and O–H groups in total. The number of amides is 1. The molecule has 12 heteroatoms. The predicted molar refractivity (Wildman–Crippen MR) is 81.9 cm³/mol. The third-order valence-corrected chi connectivity index (χ3v) is 3.27. The molecule has 0 atom stereocenters. The molecule has 0 fully saturated rings. The smallest absolute Gasteiger partial charge is 0.376 e. The van der Waals surface area contributed by atoms with Gasteiger partial charge in [-0.05, 0) is 18.2 Å². The fourth-order valence-corrected chi connectivity index (χ4v) is 1.93. The van der Waals surface area contributed by atoms with E-state index >= 15 is 0 Å². The van der Waals surface area contributed by atoms with E-state index in [1.807, 2.05) is 0 Å². The minimum atomic E-state index is -4.59. The molecule has 0 spiro atoms. The molecule has 28 heavy (non-hydrogen) atoms. The van der Waals surface area contributed by atoms with Gasteiger partial charge in [0.25, 0.3) is 5.91 Å². The maximum Gasteiger partial charge on any atom is 0.416 e. The Labute approximate surface area is 151 Å². The number of nitrogens with one attached hydrogen (secondary N) is 2. The molecular weight excluding hydrogens is 402 g/mol. The van der Waals surface area contributed by atoms with Gasteiger partial charge in [0.2, 0.25) is 5.82 Å². The zero-order valence-corrected chi connectivity index (χ0v) is 13.5. The van der Waals surface area contributed by atoms with Crippen LogP contribution in [0.4, 0.5) is 40.8 Å². The Bertz CT molecular complexity index is 898. The summed E-state index contributed by atoms with van der Waals surface area (Å²) in [5.74, 6) is -12.0. The molecule has 0 unspecified atom stereocenters. The number of hydrogen-bond donors (Lipinski definition) is 2. The number of benzene rings is 2. The number of alkyl halides is 3. The van der Waals surface area contributed by atoms with Gasteiger partial charge in [-0.15, -0.1) is 0 Å². The minimum absolute atomic E-state index is 0.0475. The number of hydrogen-bond acceptors (Lipinski definition) is 3. The Hall–Kier alpha value is -3.18. The number of halogens is 8. The molecule has 0 aliphatic carbocycles. The van der Waals surface area contributed by atoms with Gasteiger partial charge in [0.1, 0.15) is 0 Å². The molecule has 0 bridgehead atoms. The first kappa shape index (κ1) is 21.1.